The molecule has 3 rings (SSSR count). The smallest absolute Gasteiger partial charge is 0.169 e. The third kappa shape index (κ3) is 2.97. The summed E-state index contributed by atoms with van der Waals surface area (Å²) in [5.74, 6) is -1.77. The van der Waals surface area contributed by atoms with Crippen molar-refractivity contribution in [3.05, 3.63) is 65.2 Å². The van der Waals surface area contributed by atoms with Crippen molar-refractivity contribution in [1.29, 1.82) is 0 Å². The molecule has 0 spiro atoms. The first-order valence-corrected chi connectivity index (χ1v) is 9.87. The van der Waals surface area contributed by atoms with E-state index in [4.69, 9.17) is 10.5 Å². The van der Waals surface area contributed by atoms with E-state index >= 15 is 0 Å². The maximum Gasteiger partial charge on any atom is 0.169 e. The second-order valence-corrected chi connectivity index (χ2v) is 9.25. The van der Waals surface area contributed by atoms with Gasteiger partial charge in [-0.3, -0.25) is 4.99 Å². The van der Waals surface area contributed by atoms with E-state index in [0.717, 1.165) is 6.07 Å². The number of sulfone groups is 1. The third-order valence-electron chi connectivity index (χ3n) is 5.08. The predicted octanol–water partition coefficient (Wildman–Crippen LogP) is 2.89. The van der Waals surface area contributed by atoms with Gasteiger partial charge in [-0.05, 0) is 37.6 Å². The molecular weight excluding hydrogens is 374 g/mol. The van der Waals surface area contributed by atoms with Gasteiger partial charge in [0.25, 0.3) is 0 Å². The number of rotatable bonds is 3. The van der Waals surface area contributed by atoms with E-state index < -0.39 is 37.5 Å². The van der Waals surface area contributed by atoms with E-state index in [1.807, 2.05) is 0 Å². The Bertz CT molecular complexity index is 1040. The van der Waals surface area contributed by atoms with Crippen molar-refractivity contribution in [2.24, 2.45) is 10.7 Å². The molecule has 8 heteroatoms. The number of benzene rings is 2. The summed E-state index contributed by atoms with van der Waals surface area (Å²) in [6, 6.07) is 9.53. The quantitative estimate of drug-likeness (QED) is 0.868. The Morgan fingerprint density at radius 3 is 2.44 bits per heavy atom. The zero-order chi connectivity index (χ0) is 20.0. The summed E-state index contributed by atoms with van der Waals surface area (Å²) in [6.07, 6.45) is 0. The van der Waals surface area contributed by atoms with Crippen LogP contribution in [0.2, 0.25) is 0 Å². The lowest BCUT2D eigenvalue weighted by Gasteiger charge is -2.40. The zero-order valence-corrected chi connectivity index (χ0v) is 16.0. The van der Waals surface area contributed by atoms with Crippen molar-refractivity contribution >= 4 is 15.7 Å². The molecule has 0 unspecified atom stereocenters. The maximum atomic E-state index is 14.3. The molecule has 1 aliphatic rings. The molecule has 1 heterocycles. The topological polar surface area (TPSA) is 81.8 Å². The molecule has 0 saturated carbocycles. The van der Waals surface area contributed by atoms with Gasteiger partial charge in [0, 0.05) is 11.6 Å². The number of methoxy groups -OCH3 is 1. The van der Waals surface area contributed by atoms with Crippen LogP contribution in [0.15, 0.2) is 47.5 Å². The predicted molar refractivity (Wildman–Crippen MR) is 99.5 cm³/mol. The van der Waals surface area contributed by atoms with E-state index in [1.54, 1.807) is 24.3 Å². The standard InChI is InChI=1S/C19H20F2N2O3S/c1-18(15-8-7-13(20)10-16(15)21)11-27(24,25)19(2,17(22)23-18)12-5-4-6-14(9-12)26-3/h4-10H,11H2,1-3H3,(H2,22,23)/t18-,19+/m0/s1. The molecule has 27 heavy (non-hydrogen) atoms. The van der Waals surface area contributed by atoms with Crippen molar-refractivity contribution in [1.82, 2.24) is 0 Å². The average molecular weight is 394 g/mol. The molecule has 2 aromatic rings. The lowest BCUT2D eigenvalue weighted by molar-refractivity contribution is 0.413. The highest BCUT2D eigenvalue weighted by Crippen LogP contribution is 2.43. The van der Waals surface area contributed by atoms with Crippen LogP contribution < -0.4 is 10.5 Å². The van der Waals surface area contributed by atoms with Gasteiger partial charge in [0.05, 0.1) is 12.9 Å². The van der Waals surface area contributed by atoms with Crippen LogP contribution in [0.3, 0.4) is 0 Å². The molecule has 0 fully saturated rings. The van der Waals surface area contributed by atoms with E-state index in [-0.39, 0.29) is 11.4 Å². The minimum atomic E-state index is -3.90. The maximum absolute atomic E-state index is 14.3. The van der Waals surface area contributed by atoms with Crippen molar-refractivity contribution in [3.63, 3.8) is 0 Å². The lowest BCUT2D eigenvalue weighted by atomic mass is 9.92. The van der Waals surface area contributed by atoms with Crippen molar-refractivity contribution < 1.29 is 21.9 Å². The Hall–Kier alpha value is -2.48. The fourth-order valence-corrected chi connectivity index (χ4v) is 5.49. The molecular formula is C19H20F2N2O3S. The van der Waals surface area contributed by atoms with Gasteiger partial charge in [0.2, 0.25) is 0 Å². The van der Waals surface area contributed by atoms with Gasteiger partial charge in [-0.1, -0.05) is 18.2 Å². The summed E-state index contributed by atoms with van der Waals surface area (Å²) < 4.78 is 57.7. The van der Waals surface area contributed by atoms with E-state index in [0.29, 0.717) is 17.4 Å². The van der Waals surface area contributed by atoms with E-state index in [2.05, 4.69) is 4.99 Å². The van der Waals surface area contributed by atoms with Gasteiger partial charge in [-0.25, -0.2) is 17.2 Å². The van der Waals surface area contributed by atoms with Gasteiger partial charge in [0.1, 0.15) is 28.8 Å². The fraction of sp³-hybridized carbons (Fsp3) is 0.316. The van der Waals surface area contributed by atoms with Crippen LogP contribution in [-0.2, 0) is 20.1 Å². The van der Waals surface area contributed by atoms with Crippen LogP contribution in [0.5, 0.6) is 5.75 Å². The summed E-state index contributed by atoms with van der Waals surface area (Å²) in [6.45, 7) is 2.94. The van der Waals surface area contributed by atoms with Crippen LogP contribution in [0.25, 0.3) is 0 Å². The Kier molecular flexibility index (Phi) is 4.50. The largest absolute Gasteiger partial charge is 0.497 e. The summed E-state index contributed by atoms with van der Waals surface area (Å²) in [7, 11) is -2.43. The molecule has 5 nitrogen and oxygen atoms in total. The lowest BCUT2D eigenvalue weighted by Crippen LogP contribution is -2.54. The van der Waals surface area contributed by atoms with E-state index in [1.165, 1.54) is 27.0 Å². The van der Waals surface area contributed by atoms with Crippen LogP contribution in [0.4, 0.5) is 8.78 Å². The van der Waals surface area contributed by atoms with Gasteiger partial charge in [-0.15, -0.1) is 0 Å². The minimum Gasteiger partial charge on any atom is -0.497 e. The van der Waals surface area contributed by atoms with Crippen LogP contribution in [0.1, 0.15) is 25.0 Å². The molecule has 1 aliphatic heterocycles. The fourth-order valence-electron chi connectivity index (χ4n) is 3.39. The Morgan fingerprint density at radius 1 is 1.15 bits per heavy atom. The molecule has 0 amide bonds. The molecule has 2 aromatic carbocycles. The number of hydrogen-bond acceptors (Lipinski definition) is 5. The molecule has 2 N–H and O–H groups in total. The number of nitrogens with two attached hydrogens (primary N) is 1. The number of hydrogen-bond donors (Lipinski definition) is 1. The Labute approximate surface area is 156 Å². The summed E-state index contributed by atoms with van der Waals surface area (Å²) in [5.41, 5.74) is 5.06. The molecule has 2 atom stereocenters. The first-order chi connectivity index (χ1) is 12.5. The Balaban J connectivity index is 2.20. The van der Waals surface area contributed by atoms with Gasteiger partial charge in [-0.2, -0.15) is 0 Å². The Morgan fingerprint density at radius 2 is 1.85 bits per heavy atom. The highest BCUT2D eigenvalue weighted by atomic mass is 32.2. The number of ether oxygens (including phenoxy) is 1. The molecule has 0 radical (unpaired) electrons. The number of aliphatic imine (C=N–C) groups is 1. The third-order valence-corrected chi connectivity index (χ3v) is 7.71. The van der Waals surface area contributed by atoms with E-state index in [9.17, 15) is 17.2 Å². The molecule has 0 aromatic heterocycles. The summed E-state index contributed by atoms with van der Waals surface area (Å²) in [5, 5.41) is 0. The minimum absolute atomic E-state index is 0.0249. The highest BCUT2D eigenvalue weighted by molar-refractivity contribution is 7.93. The molecule has 144 valence electrons. The average Bonchev–Trinajstić information content (AvgIpc) is 2.58. The normalized spacial score (nSPS) is 27.1. The van der Waals surface area contributed by atoms with Gasteiger partial charge >= 0.3 is 0 Å². The highest BCUT2D eigenvalue weighted by Gasteiger charge is 2.53. The number of nitrogens with zero attached hydrogens (tertiary/aromatic N) is 1. The zero-order valence-electron chi connectivity index (χ0n) is 15.2. The second-order valence-electron chi connectivity index (χ2n) is 6.92. The van der Waals surface area contributed by atoms with Crippen molar-refractivity contribution in [2.45, 2.75) is 24.1 Å². The molecule has 0 bridgehead atoms. The second kappa shape index (κ2) is 6.30. The van der Waals surface area contributed by atoms with Crippen LogP contribution in [-0.4, -0.2) is 27.1 Å². The first-order valence-electron chi connectivity index (χ1n) is 8.22. The summed E-state index contributed by atoms with van der Waals surface area (Å²) >= 11 is 0. The molecule has 0 aliphatic carbocycles. The van der Waals surface area contributed by atoms with Gasteiger partial charge < -0.3 is 10.5 Å². The monoisotopic (exact) mass is 394 g/mol. The summed E-state index contributed by atoms with van der Waals surface area (Å²) in [4.78, 5) is 4.37. The van der Waals surface area contributed by atoms with Crippen molar-refractivity contribution in [3.8, 4) is 5.75 Å². The molecule has 0 saturated heterocycles. The van der Waals surface area contributed by atoms with Crippen LogP contribution >= 0.6 is 0 Å². The first kappa shape index (κ1) is 19.3. The number of halogens is 2. The van der Waals surface area contributed by atoms with Crippen LogP contribution in [0, 0.1) is 11.6 Å². The van der Waals surface area contributed by atoms with Gasteiger partial charge in [0.15, 0.2) is 14.6 Å². The SMILES string of the molecule is COc1cccc([C@]2(C)C(N)=N[C@](C)(c3ccc(F)cc3F)CS2(=O)=O)c1. The number of amidine groups is 1. The van der Waals surface area contributed by atoms with Crippen molar-refractivity contribution in [2.75, 3.05) is 12.9 Å².